The van der Waals surface area contributed by atoms with E-state index in [0.29, 0.717) is 10.8 Å². The summed E-state index contributed by atoms with van der Waals surface area (Å²) in [6.45, 7) is 0. The lowest BCUT2D eigenvalue weighted by atomic mass is 10.1. The van der Waals surface area contributed by atoms with Crippen LogP contribution in [0.3, 0.4) is 0 Å². The first-order valence-electron chi connectivity index (χ1n) is 9.00. The number of nitrogens with one attached hydrogen (secondary N) is 1. The molecule has 3 aromatic rings. The van der Waals surface area contributed by atoms with E-state index in [1.54, 1.807) is 24.5 Å². The fourth-order valence-corrected chi connectivity index (χ4v) is 3.96. The van der Waals surface area contributed by atoms with Crippen molar-refractivity contribution in [2.45, 2.75) is 38.0 Å². The minimum Gasteiger partial charge on any atom is -0.490 e. The zero-order valence-corrected chi connectivity index (χ0v) is 15.7. The number of alkyl halides is 3. The summed E-state index contributed by atoms with van der Waals surface area (Å²) >= 11 is 1.32. The van der Waals surface area contributed by atoms with Crippen LogP contribution >= 0.6 is 11.3 Å². The maximum atomic E-state index is 13.5. The summed E-state index contributed by atoms with van der Waals surface area (Å²) in [5.41, 5.74) is 1.12. The minimum absolute atomic E-state index is 0.111. The maximum absolute atomic E-state index is 13.5. The standard InChI is InChI=1S/C20H18F3N3OS/c21-20(22,23)16-10-14(7-8-18(16)27-15-5-1-2-6-15)25-19-26-17(12-28-19)13-4-3-9-24-11-13/h3-4,7-12,15H,1-2,5-6H2,(H,25,26). The molecule has 0 atom stereocenters. The van der Waals surface area contributed by atoms with Crippen LogP contribution < -0.4 is 10.1 Å². The largest absolute Gasteiger partial charge is 0.490 e. The van der Waals surface area contributed by atoms with Crippen molar-refractivity contribution in [3.8, 4) is 17.0 Å². The molecule has 1 aromatic carbocycles. The molecule has 1 aliphatic rings. The van der Waals surface area contributed by atoms with Crippen molar-refractivity contribution in [3.05, 3.63) is 53.7 Å². The lowest BCUT2D eigenvalue weighted by molar-refractivity contribution is -0.139. The zero-order valence-electron chi connectivity index (χ0n) is 14.9. The van der Waals surface area contributed by atoms with Gasteiger partial charge in [0.25, 0.3) is 0 Å². The Morgan fingerprint density at radius 3 is 2.68 bits per heavy atom. The van der Waals surface area contributed by atoms with Crippen molar-refractivity contribution in [1.29, 1.82) is 0 Å². The van der Waals surface area contributed by atoms with Crippen LogP contribution in [0.25, 0.3) is 11.3 Å². The van der Waals surface area contributed by atoms with E-state index in [1.807, 2.05) is 11.4 Å². The summed E-state index contributed by atoms with van der Waals surface area (Å²) in [6.07, 6.45) is 2.32. The van der Waals surface area contributed by atoms with Crippen LogP contribution in [-0.4, -0.2) is 16.1 Å². The fraction of sp³-hybridized carbons (Fsp3) is 0.300. The van der Waals surface area contributed by atoms with Crippen molar-refractivity contribution in [3.63, 3.8) is 0 Å². The number of aromatic nitrogens is 2. The Kier molecular flexibility index (Phi) is 5.21. The van der Waals surface area contributed by atoms with Crippen LogP contribution in [0.1, 0.15) is 31.2 Å². The predicted octanol–water partition coefficient (Wildman–Crippen LogP) is 6.29. The quantitative estimate of drug-likeness (QED) is 0.542. The van der Waals surface area contributed by atoms with Gasteiger partial charge in [0.1, 0.15) is 5.75 Å². The van der Waals surface area contributed by atoms with Gasteiger partial charge in [0.15, 0.2) is 5.13 Å². The van der Waals surface area contributed by atoms with Crippen LogP contribution in [0.5, 0.6) is 5.75 Å². The second-order valence-electron chi connectivity index (χ2n) is 6.64. The molecular weight excluding hydrogens is 387 g/mol. The van der Waals surface area contributed by atoms with Crippen LogP contribution in [0.2, 0.25) is 0 Å². The topological polar surface area (TPSA) is 47.0 Å². The summed E-state index contributed by atoms with van der Waals surface area (Å²) < 4.78 is 46.2. The van der Waals surface area contributed by atoms with Gasteiger partial charge in [0.2, 0.25) is 0 Å². The molecule has 4 rings (SSSR count). The average Bonchev–Trinajstić information content (AvgIpc) is 3.35. The molecule has 1 fully saturated rings. The number of rotatable bonds is 5. The summed E-state index contributed by atoms with van der Waals surface area (Å²) in [4.78, 5) is 8.48. The van der Waals surface area contributed by atoms with Gasteiger partial charge in [0.05, 0.1) is 17.4 Å². The first-order valence-corrected chi connectivity index (χ1v) is 9.88. The second-order valence-corrected chi connectivity index (χ2v) is 7.50. The van der Waals surface area contributed by atoms with E-state index >= 15 is 0 Å². The number of halogens is 3. The highest BCUT2D eigenvalue weighted by Crippen LogP contribution is 2.40. The highest BCUT2D eigenvalue weighted by molar-refractivity contribution is 7.14. The first kappa shape index (κ1) is 18.7. The van der Waals surface area contributed by atoms with Crippen molar-refractivity contribution in [2.24, 2.45) is 0 Å². The number of hydrogen-bond acceptors (Lipinski definition) is 5. The monoisotopic (exact) mass is 405 g/mol. The predicted molar refractivity (Wildman–Crippen MR) is 103 cm³/mol. The highest BCUT2D eigenvalue weighted by atomic mass is 32.1. The molecule has 28 heavy (non-hydrogen) atoms. The number of ether oxygens (including phenoxy) is 1. The number of nitrogens with zero attached hydrogens (tertiary/aromatic N) is 2. The molecule has 146 valence electrons. The second kappa shape index (κ2) is 7.79. The molecule has 0 amide bonds. The van der Waals surface area contributed by atoms with E-state index in [1.165, 1.54) is 17.4 Å². The molecule has 1 N–H and O–H groups in total. The van der Waals surface area contributed by atoms with Crippen LogP contribution in [0.4, 0.5) is 24.0 Å². The Morgan fingerprint density at radius 2 is 1.96 bits per heavy atom. The molecule has 1 saturated carbocycles. The average molecular weight is 405 g/mol. The molecule has 2 aromatic heterocycles. The van der Waals surface area contributed by atoms with Crippen LogP contribution in [0, 0.1) is 0 Å². The molecular formula is C20H18F3N3OS. The lowest BCUT2D eigenvalue weighted by Gasteiger charge is -2.19. The fourth-order valence-electron chi connectivity index (χ4n) is 3.22. The van der Waals surface area contributed by atoms with Crippen molar-refractivity contribution in [1.82, 2.24) is 9.97 Å². The van der Waals surface area contributed by atoms with Gasteiger partial charge in [-0.05, 0) is 56.0 Å². The normalized spacial score (nSPS) is 15.0. The van der Waals surface area contributed by atoms with Gasteiger partial charge >= 0.3 is 6.18 Å². The third-order valence-corrected chi connectivity index (χ3v) is 5.35. The van der Waals surface area contributed by atoms with Gasteiger partial charge in [-0.2, -0.15) is 13.2 Å². The van der Waals surface area contributed by atoms with Crippen molar-refractivity contribution < 1.29 is 17.9 Å². The van der Waals surface area contributed by atoms with Gasteiger partial charge in [-0.15, -0.1) is 11.3 Å². The number of hydrogen-bond donors (Lipinski definition) is 1. The third-order valence-electron chi connectivity index (χ3n) is 4.59. The van der Waals surface area contributed by atoms with E-state index in [4.69, 9.17) is 4.74 Å². The molecule has 0 bridgehead atoms. The zero-order chi connectivity index (χ0) is 19.6. The van der Waals surface area contributed by atoms with Gasteiger partial charge in [-0.25, -0.2) is 4.98 Å². The Bertz CT molecular complexity index is 937. The van der Waals surface area contributed by atoms with E-state index < -0.39 is 11.7 Å². The smallest absolute Gasteiger partial charge is 0.420 e. The Labute approximate surface area is 164 Å². The number of pyridine rings is 1. The maximum Gasteiger partial charge on any atom is 0.420 e. The number of benzene rings is 1. The highest BCUT2D eigenvalue weighted by Gasteiger charge is 2.35. The van der Waals surface area contributed by atoms with E-state index in [2.05, 4.69) is 15.3 Å². The van der Waals surface area contributed by atoms with E-state index in [9.17, 15) is 13.2 Å². The molecule has 1 aliphatic carbocycles. The minimum atomic E-state index is -4.49. The SMILES string of the molecule is FC(F)(F)c1cc(Nc2nc(-c3cccnc3)cs2)ccc1OC1CCCC1. The molecule has 8 heteroatoms. The van der Waals surface area contributed by atoms with Crippen molar-refractivity contribution >= 4 is 22.2 Å². The molecule has 0 aliphatic heterocycles. The number of anilines is 2. The van der Waals surface area contributed by atoms with Crippen LogP contribution in [-0.2, 0) is 6.18 Å². The molecule has 4 nitrogen and oxygen atoms in total. The first-order chi connectivity index (χ1) is 13.5. The molecule has 0 spiro atoms. The molecule has 2 heterocycles. The van der Waals surface area contributed by atoms with Gasteiger partial charge < -0.3 is 10.1 Å². The Morgan fingerprint density at radius 1 is 1.14 bits per heavy atom. The van der Waals surface area contributed by atoms with Gasteiger partial charge in [-0.1, -0.05) is 0 Å². The Hall–Kier alpha value is -2.61. The molecule has 0 radical (unpaired) electrons. The summed E-state index contributed by atoms with van der Waals surface area (Å²) in [5, 5.41) is 5.30. The van der Waals surface area contributed by atoms with E-state index in [0.717, 1.165) is 43.0 Å². The van der Waals surface area contributed by atoms with E-state index in [-0.39, 0.29) is 11.9 Å². The number of thiazole rings is 1. The van der Waals surface area contributed by atoms with Gasteiger partial charge in [-0.3, -0.25) is 4.98 Å². The molecule has 0 saturated heterocycles. The molecule has 0 unspecified atom stereocenters. The summed E-state index contributed by atoms with van der Waals surface area (Å²) in [7, 11) is 0. The Balaban J connectivity index is 1.56. The van der Waals surface area contributed by atoms with Crippen LogP contribution in [0.15, 0.2) is 48.1 Å². The summed E-state index contributed by atoms with van der Waals surface area (Å²) in [6, 6.07) is 7.74. The summed E-state index contributed by atoms with van der Waals surface area (Å²) in [5.74, 6) is -0.111. The third kappa shape index (κ3) is 4.27. The van der Waals surface area contributed by atoms with Gasteiger partial charge in [0, 0.05) is 29.0 Å². The lowest BCUT2D eigenvalue weighted by Crippen LogP contribution is -2.15. The van der Waals surface area contributed by atoms with Crippen molar-refractivity contribution in [2.75, 3.05) is 5.32 Å².